The molecule has 0 unspecified atom stereocenters. The fraction of sp³-hybridized carbons (Fsp3) is 0.321. The van der Waals surface area contributed by atoms with Gasteiger partial charge in [0, 0.05) is 39.7 Å². The Labute approximate surface area is 281 Å². The first-order chi connectivity index (χ1) is 21.4. The summed E-state index contributed by atoms with van der Waals surface area (Å²) in [5, 5.41) is 10.6. The van der Waals surface area contributed by atoms with Crippen LogP contribution in [0.5, 0.6) is 0 Å². The van der Waals surface area contributed by atoms with Gasteiger partial charge in [-0.2, -0.15) is 13.2 Å². The smallest absolute Gasteiger partial charge is 0.399 e. The zero-order valence-electron chi connectivity index (χ0n) is 26.2. The quantitative estimate of drug-likeness (QED) is 0.191. The van der Waals surface area contributed by atoms with Crippen LogP contribution >= 0.6 is 31.9 Å². The lowest BCUT2D eigenvalue weighted by Crippen LogP contribution is -2.41. The van der Waals surface area contributed by atoms with E-state index in [2.05, 4.69) is 57.1 Å². The molecule has 0 radical (unpaired) electrons. The monoisotopic (exact) mass is 768 g/mol. The molecule has 246 valence electrons. The Morgan fingerprint density at radius 2 is 1.20 bits per heavy atom. The highest BCUT2D eigenvalue weighted by Crippen LogP contribution is 2.36. The van der Waals surface area contributed by atoms with Crippen molar-refractivity contribution in [1.29, 1.82) is 0 Å². The van der Waals surface area contributed by atoms with E-state index in [0.717, 1.165) is 4.60 Å². The number of rotatable bonds is 2. The molecule has 6 heterocycles. The number of nitrogens with two attached hydrogens (primary N) is 2. The third-order valence-electron chi connectivity index (χ3n) is 6.63. The van der Waals surface area contributed by atoms with Gasteiger partial charge < -0.3 is 20.8 Å². The predicted octanol–water partition coefficient (Wildman–Crippen LogP) is 4.81. The van der Waals surface area contributed by atoms with E-state index in [4.69, 9.17) is 20.8 Å². The number of hydrogen-bond acceptors (Lipinski definition) is 9. The first-order valence-electron chi connectivity index (χ1n) is 13.6. The lowest BCUT2D eigenvalue weighted by molar-refractivity contribution is 0.00578. The summed E-state index contributed by atoms with van der Waals surface area (Å²) in [4.78, 5) is 7.87. The highest BCUT2D eigenvalue weighted by atomic mass is 79.9. The Hall–Kier alpha value is -3.74. The van der Waals surface area contributed by atoms with E-state index in [1.165, 1.54) is 14.0 Å². The van der Waals surface area contributed by atoms with E-state index in [1.54, 1.807) is 64.0 Å². The minimum absolute atomic E-state index is 0.348. The molecule has 0 bridgehead atoms. The molecular formula is C28H34BBr2F3N10O2. The number of halogens is 5. The van der Waals surface area contributed by atoms with E-state index in [0.29, 0.717) is 32.8 Å². The molecule has 1 aliphatic heterocycles. The summed E-state index contributed by atoms with van der Waals surface area (Å²) in [7, 11) is 4.29. The average molecular weight is 770 g/mol. The van der Waals surface area contributed by atoms with Crippen LogP contribution in [0.4, 0.5) is 24.8 Å². The third-order valence-corrected chi connectivity index (χ3v) is 7.60. The molecule has 12 nitrogen and oxygen atoms in total. The summed E-state index contributed by atoms with van der Waals surface area (Å²) in [6, 6.07) is 10.5. The largest absolute Gasteiger partial charge is 0.501 e. The van der Waals surface area contributed by atoms with Gasteiger partial charge in [0.1, 0.15) is 16.2 Å². The molecule has 5 aromatic rings. The van der Waals surface area contributed by atoms with Crippen LogP contribution in [0.3, 0.4) is 0 Å². The van der Waals surface area contributed by atoms with Gasteiger partial charge in [-0.15, -0.1) is 15.3 Å². The lowest BCUT2D eigenvalue weighted by atomic mass is 9.81. The van der Waals surface area contributed by atoms with Crippen molar-refractivity contribution in [3.05, 3.63) is 81.9 Å². The van der Waals surface area contributed by atoms with Crippen molar-refractivity contribution >= 4 is 56.1 Å². The summed E-state index contributed by atoms with van der Waals surface area (Å²) < 4.78 is 55.7. The van der Waals surface area contributed by atoms with Crippen molar-refractivity contribution in [2.24, 2.45) is 21.1 Å². The van der Waals surface area contributed by atoms with E-state index in [1.807, 2.05) is 39.8 Å². The number of aryl methyl sites for hydroxylation is 3. The predicted molar refractivity (Wildman–Crippen MR) is 177 cm³/mol. The molecule has 46 heavy (non-hydrogen) atoms. The van der Waals surface area contributed by atoms with Crippen molar-refractivity contribution in [2.75, 3.05) is 11.5 Å². The van der Waals surface area contributed by atoms with Crippen molar-refractivity contribution in [1.82, 2.24) is 39.3 Å². The molecule has 0 saturated carbocycles. The number of anilines is 2. The second-order valence-electron chi connectivity index (χ2n) is 10.9. The van der Waals surface area contributed by atoms with Crippen LogP contribution < -0.4 is 16.9 Å². The summed E-state index contributed by atoms with van der Waals surface area (Å²) in [6.45, 7) is 7.73. The normalized spacial score (nSPS) is 14.4. The zero-order chi connectivity index (χ0) is 34.4. The Morgan fingerprint density at radius 3 is 1.57 bits per heavy atom. The van der Waals surface area contributed by atoms with Crippen molar-refractivity contribution in [3.8, 4) is 11.3 Å². The summed E-state index contributed by atoms with van der Waals surface area (Å²) in [5.74, 6) is -0.635. The maximum atomic E-state index is 13.5. The van der Waals surface area contributed by atoms with Gasteiger partial charge in [0.15, 0.2) is 0 Å². The average Bonchev–Trinajstić information content (AvgIpc) is 3.62. The van der Waals surface area contributed by atoms with Crippen molar-refractivity contribution in [3.63, 3.8) is 0 Å². The second-order valence-corrected chi connectivity index (χ2v) is 12.6. The molecule has 0 aliphatic carbocycles. The first kappa shape index (κ1) is 36.7. The fourth-order valence-electron chi connectivity index (χ4n) is 3.70. The van der Waals surface area contributed by atoms with Crippen molar-refractivity contribution < 1.29 is 22.5 Å². The van der Waals surface area contributed by atoms with Gasteiger partial charge >= 0.3 is 7.12 Å². The first-order valence-corrected chi connectivity index (χ1v) is 15.2. The van der Waals surface area contributed by atoms with Gasteiger partial charge in [-0.25, -0.2) is 9.97 Å². The summed E-state index contributed by atoms with van der Waals surface area (Å²) >= 11 is 6.13. The molecule has 5 aromatic heterocycles. The standard InChI is InChI=1S/C10H16BFN2O2.C9H9FN4.C5H5BrN2.C4H4BrFN2/c1-9(2)10(3,4)16-11(15-9)7-6-14(5)13-8(7)12;1-14-5-6(9(10)13-14)7-3-2-4-8(11)12-7;6-4-2-1-3-5(7)8-4;1-8-2-3(5)4(6)7-8/h6H,1-5H3;2-5H,1H3,(H2,11,12);1-3H,(H2,7,8);2H,1H3. The van der Waals surface area contributed by atoms with Crippen LogP contribution in [-0.4, -0.2) is 57.6 Å². The van der Waals surface area contributed by atoms with Crippen LogP contribution in [0.2, 0.25) is 0 Å². The Morgan fingerprint density at radius 1 is 0.696 bits per heavy atom. The van der Waals surface area contributed by atoms with Gasteiger partial charge in [0.05, 0.1) is 32.4 Å². The molecule has 0 aromatic carbocycles. The second kappa shape index (κ2) is 15.2. The Kier molecular flexibility index (Phi) is 12.2. The van der Waals surface area contributed by atoms with Gasteiger partial charge in [-0.05, 0) is 83.8 Å². The number of nitrogen functional groups attached to an aromatic ring is 2. The van der Waals surface area contributed by atoms with Crippen LogP contribution in [0.15, 0.2) is 64.1 Å². The maximum absolute atomic E-state index is 13.5. The molecular weight excluding hydrogens is 736 g/mol. The van der Waals surface area contributed by atoms with Gasteiger partial charge in [0.2, 0.25) is 17.8 Å². The molecule has 1 fully saturated rings. The molecule has 0 spiro atoms. The van der Waals surface area contributed by atoms with E-state index < -0.39 is 36.2 Å². The number of pyridine rings is 2. The Balaban J connectivity index is 0.000000175. The SMILES string of the molecule is Cn1cc(-c2cccc(N)n2)c(F)n1.Cn1cc(B2OC(C)(C)C(C)(C)O2)c(F)n1.Cn1cc(Br)c(F)n1.Nc1cccc(Br)n1. The molecule has 6 rings (SSSR count). The summed E-state index contributed by atoms with van der Waals surface area (Å²) in [6.07, 6.45) is 4.70. The van der Waals surface area contributed by atoms with Gasteiger partial charge in [-0.3, -0.25) is 14.0 Å². The van der Waals surface area contributed by atoms with Crippen LogP contribution in [0.25, 0.3) is 11.3 Å². The van der Waals surface area contributed by atoms with Crippen LogP contribution in [0, 0.1) is 17.8 Å². The van der Waals surface area contributed by atoms with Crippen LogP contribution in [0.1, 0.15) is 27.7 Å². The van der Waals surface area contributed by atoms with Crippen molar-refractivity contribution in [2.45, 2.75) is 38.9 Å². The van der Waals surface area contributed by atoms with Gasteiger partial charge in [0.25, 0.3) is 0 Å². The lowest BCUT2D eigenvalue weighted by Gasteiger charge is -2.32. The van der Waals surface area contributed by atoms with Crippen LogP contribution in [-0.2, 0) is 30.5 Å². The molecule has 4 N–H and O–H groups in total. The maximum Gasteiger partial charge on any atom is 0.501 e. The number of hydrogen-bond donors (Lipinski definition) is 2. The molecule has 0 amide bonds. The number of aromatic nitrogens is 8. The number of nitrogens with zero attached hydrogens (tertiary/aromatic N) is 8. The summed E-state index contributed by atoms with van der Waals surface area (Å²) in [5.41, 5.74) is 11.1. The molecule has 18 heteroatoms. The van der Waals surface area contributed by atoms with E-state index >= 15 is 0 Å². The van der Waals surface area contributed by atoms with E-state index in [-0.39, 0.29) is 0 Å². The topological polar surface area (TPSA) is 150 Å². The molecule has 1 aliphatic rings. The Bertz CT molecular complexity index is 1710. The van der Waals surface area contributed by atoms with Gasteiger partial charge in [-0.1, -0.05) is 12.1 Å². The minimum atomic E-state index is -0.682. The molecule has 1 saturated heterocycles. The zero-order valence-corrected chi connectivity index (χ0v) is 29.4. The highest BCUT2D eigenvalue weighted by Gasteiger charge is 2.53. The highest BCUT2D eigenvalue weighted by molar-refractivity contribution is 9.10. The fourth-order valence-corrected chi connectivity index (χ4v) is 4.43. The van der Waals surface area contributed by atoms with E-state index in [9.17, 15) is 13.2 Å². The molecule has 0 atom stereocenters. The third kappa shape index (κ3) is 9.88. The minimum Gasteiger partial charge on any atom is -0.399 e.